The van der Waals surface area contributed by atoms with Crippen LogP contribution in [0.15, 0.2) is 53.8 Å². The molecule has 1 saturated heterocycles. The zero-order valence-corrected chi connectivity index (χ0v) is 16.9. The number of pyridine rings is 1. The van der Waals surface area contributed by atoms with Crippen LogP contribution < -0.4 is 10.6 Å². The van der Waals surface area contributed by atoms with Gasteiger partial charge in [0.1, 0.15) is 11.9 Å². The van der Waals surface area contributed by atoms with E-state index in [0.29, 0.717) is 6.61 Å². The molecule has 3 aromatic rings. The van der Waals surface area contributed by atoms with Gasteiger partial charge >= 0.3 is 0 Å². The number of anilines is 1. The number of hydrogen-bond donors (Lipinski definition) is 2. The van der Waals surface area contributed by atoms with Gasteiger partial charge < -0.3 is 20.3 Å². The predicted molar refractivity (Wildman–Crippen MR) is 115 cm³/mol. The summed E-state index contributed by atoms with van der Waals surface area (Å²) in [6.45, 7) is 3.73. The fourth-order valence-corrected chi connectivity index (χ4v) is 3.51. The quantitative estimate of drug-likeness (QED) is 0.392. The number of nitrogens with one attached hydrogen (secondary N) is 2. The number of ether oxygens (including phenoxy) is 1. The number of guanidine groups is 1. The zero-order chi connectivity index (χ0) is 20.1. The second-order valence-corrected chi connectivity index (χ2v) is 7.04. The molecule has 8 heteroatoms. The first kappa shape index (κ1) is 19.2. The second kappa shape index (κ2) is 8.91. The summed E-state index contributed by atoms with van der Waals surface area (Å²) in [7, 11) is 3.73. The van der Waals surface area contributed by atoms with Gasteiger partial charge in [0.15, 0.2) is 5.96 Å². The highest BCUT2D eigenvalue weighted by Gasteiger charge is 2.24. The van der Waals surface area contributed by atoms with Gasteiger partial charge in [0.2, 0.25) is 0 Å². The maximum atomic E-state index is 5.92. The Labute approximate surface area is 170 Å². The van der Waals surface area contributed by atoms with Gasteiger partial charge in [-0.2, -0.15) is 5.10 Å². The van der Waals surface area contributed by atoms with Crippen LogP contribution in [0.2, 0.25) is 0 Å². The molecule has 0 bridgehead atoms. The lowest BCUT2D eigenvalue weighted by atomic mass is 10.1. The maximum Gasteiger partial charge on any atom is 0.193 e. The molecule has 152 valence electrons. The topological polar surface area (TPSA) is 79.6 Å². The van der Waals surface area contributed by atoms with Crippen LogP contribution in [0.1, 0.15) is 11.7 Å². The average Bonchev–Trinajstić information content (AvgIpc) is 3.20. The van der Waals surface area contributed by atoms with E-state index in [1.807, 2.05) is 50.8 Å². The number of para-hydroxylation sites is 1. The van der Waals surface area contributed by atoms with E-state index in [9.17, 15) is 0 Å². The van der Waals surface area contributed by atoms with Crippen LogP contribution in [0.5, 0.6) is 0 Å². The van der Waals surface area contributed by atoms with Crippen LogP contribution in [0.25, 0.3) is 10.9 Å². The third kappa shape index (κ3) is 4.65. The Morgan fingerprint density at radius 3 is 2.97 bits per heavy atom. The Morgan fingerprint density at radius 1 is 1.24 bits per heavy atom. The number of morpholine rings is 1. The molecule has 2 N–H and O–H groups in total. The van der Waals surface area contributed by atoms with Crippen molar-refractivity contribution in [1.82, 2.24) is 25.0 Å². The van der Waals surface area contributed by atoms with Crippen molar-refractivity contribution in [2.75, 3.05) is 45.2 Å². The molecule has 0 spiro atoms. The Kier molecular flexibility index (Phi) is 5.90. The van der Waals surface area contributed by atoms with Gasteiger partial charge in [-0.15, -0.1) is 0 Å². The fourth-order valence-electron chi connectivity index (χ4n) is 3.51. The highest BCUT2D eigenvalue weighted by atomic mass is 16.5. The number of benzene rings is 1. The van der Waals surface area contributed by atoms with Crippen LogP contribution in [-0.4, -0.2) is 65.5 Å². The number of aryl methyl sites for hydroxylation is 1. The van der Waals surface area contributed by atoms with E-state index in [4.69, 9.17) is 4.74 Å². The van der Waals surface area contributed by atoms with E-state index in [0.717, 1.165) is 54.4 Å². The van der Waals surface area contributed by atoms with E-state index in [1.165, 1.54) is 0 Å². The maximum absolute atomic E-state index is 5.92. The van der Waals surface area contributed by atoms with Crippen molar-refractivity contribution in [1.29, 1.82) is 0 Å². The van der Waals surface area contributed by atoms with E-state index < -0.39 is 0 Å². The minimum Gasteiger partial charge on any atom is -0.370 e. The molecule has 29 heavy (non-hydrogen) atoms. The molecule has 1 aliphatic heterocycles. The lowest BCUT2D eigenvalue weighted by molar-refractivity contribution is -0.00799. The molecule has 8 nitrogen and oxygen atoms in total. The van der Waals surface area contributed by atoms with Gasteiger partial charge in [0.05, 0.1) is 24.9 Å². The molecule has 0 amide bonds. The highest BCUT2D eigenvalue weighted by molar-refractivity contribution is 5.80. The standard InChI is InChI=1S/C21H27N7O/c1-22-21(28-11-12-29-19(15-28)17-13-25-27(2)14-17)24-10-9-23-20-8-7-16-5-3-4-6-18(16)26-20/h3-8,13-14,19H,9-12,15H2,1-2H3,(H,22,24)(H,23,26). The van der Waals surface area contributed by atoms with Gasteiger partial charge in [0.25, 0.3) is 0 Å². The van der Waals surface area contributed by atoms with Gasteiger partial charge in [-0.1, -0.05) is 18.2 Å². The molecular formula is C21H27N7O. The molecule has 4 rings (SSSR count). The van der Waals surface area contributed by atoms with Gasteiger partial charge in [-0.25, -0.2) is 4.98 Å². The van der Waals surface area contributed by atoms with Crippen molar-refractivity contribution in [3.05, 3.63) is 54.4 Å². The monoisotopic (exact) mass is 393 g/mol. The lowest BCUT2D eigenvalue weighted by Gasteiger charge is -2.34. The van der Waals surface area contributed by atoms with Crippen LogP contribution >= 0.6 is 0 Å². The summed E-state index contributed by atoms with van der Waals surface area (Å²) < 4.78 is 7.73. The summed E-state index contributed by atoms with van der Waals surface area (Å²) in [5.41, 5.74) is 2.09. The molecule has 0 radical (unpaired) electrons. The number of aromatic nitrogens is 3. The Hall–Kier alpha value is -3.13. The fraction of sp³-hybridized carbons (Fsp3) is 0.381. The third-order valence-electron chi connectivity index (χ3n) is 4.99. The van der Waals surface area contributed by atoms with Crippen molar-refractivity contribution < 1.29 is 4.74 Å². The van der Waals surface area contributed by atoms with Crippen LogP contribution in [0.4, 0.5) is 5.82 Å². The summed E-state index contributed by atoms with van der Waals surface area (Å²) in [4.78, 5) is 11.3. The Bertz CT molecular complexity index is 984. The van der Waals surface area contributed by atoms with Crippen LogP contribution in [0, 0.1) is 0 Å². The molecule has 2 aromatic heterocycles. The molecule has 1 aliphatic rings. The van der Waals surface area contributed by atoms with Gasteiger partial charge in [-0.3, -0.25) is 9.67 Å². The molecule has 0 saturated carbocycles. The summed E-state index contributed by atoms with van der Waals surface area (Å²) in [6.07, 6.45) is 3.88. The smallest absolute Gasteiger partial charge is 0.193 e. The largest absolute Gasteiger partial charge is 0.370 e. The number of fused-ring (bicyclic) bond motifs is 1. The van der Waals surface area contributed by atoms with Crippen molar-refractivity contribution >= 4 is 22.7 Å². The first-order valence-electron chi connectivity index (χ1n) is 9.88. The average molecular weight is 393 g/mol. The normalized spacial score (nSPS) is 17.5. The van der Waals surface area contributed by atoms with Gasteiger partial charge in [0, 0.05) is 50.9 Å². The number of rotatable bonds is 5. The molecule has 1 atom stereocenters. The van der Waals surface area contributed by atoms with Crippen LogP contribution in [0.3, 0.4) is 0 Å². The van der Waals surface area contributed by atoms with Crippen molar-refractivity contribution in [2.24, 2.45) is 12.0 Å². The summed E-state index contributed by atoms with van der Waals surface area (Å²) in [5, 5.41) is 12.2. The number of nitrogens with zero attached hydrogens (tertiary/aromatic N) is 5. The Morgan fingerprint density at radius 2 is 2.14 bits per heavy atom. The third-order valence-corrected chi connectivity index (χ3v) is 4.99. The SMILES string of the molecule is CN=C(NCCNc1ccc2ccccc2n1)N1CCOC(c2cnn(C)c2)C1. The van der Waals surface area contributed by atoms with E-state index in [1.54, 1.807) is 4.68 Å². The minimum absolute atomic E-state index is 0.0101. The summed E-state index contributed by atoms with van der Waals surface area (Å²) in [5.74, 6) is 1.76. The van der Waals surface area contributed by atoms with E-state index in [-0.39, 0.29) is 6.10 Å². The van der Waals surface area contributed by atoms with Crippen molar-refractivity contribution in [3.63, 3.8) is 0 Å². The van der Waals surface area contributed by atoms with Crippen LogP contribution in [-0.2, 0) is 11.8 Å². The number of hydrogen-bond acceptors (Lipinski definition) is 5. The lowest BCUT2D eigenvalue weighted by Crippen LogP contribution is -2.49. The Balaban J connectivity index is 1.28. The summed E-state index contributed by atoms with van der Waals surface area (Å²) in [6, 6.07) is 12.2. The molecule has 1 unspecified atom stereocenters. The second-order valence-electron chi connectivity index (χ2n) is 7.04. The zero-order valence-electron chi connectivity index (χ0n) is 16.9. The molecule has 3 heterocycles. The van der Waals surface area contributed by atoms with E-state index in [2.05, 4.69) is 42.7 Å². The predicted octanol–water partition coefficient (Wildman–Crippen LogP) is 2.03. The highest BCUT2D eigenvalue weighted by Crippen LogP contribution is 2.21. The molecule has 1 aromatic carbocycles. The first-order chi connectivity index (χ1) is 14.2. The summed E-state index contributed by atoms with van der Waals surface area (Å²) >= 11 is 0. The molecule has 0 aliphatic carbocycles. The van der Waals surface area contributed by atoms with Gasteiger partial charge in [-0.05, 0) is 18.2 Å². The minimum atomic E-state index is 0.0101. The molecular weight excluding hydrogens is 366 g/mol. The van der Waals surface area contributed by atoms with E-state index >= 15 is 0 Å². The molecule has 1 fully saturated rings. The first-order valence-corrected chi connectivity index (χ1v) is 9.88. The number of aliphatic imine (C=N–C) groups is 1. The van der Waals surface area contributed by atoms with Crippen molar-refractivity contribution in [3.8, 4) is 0 Å². The van der Waals surface area contributed by atoms with Crippen molar-refractivity contribution in [2.45, 2.75) is 6.10 Å².